The maximum atomic E-state index is 12.2. The number of benzene rings is 3. The van der Waals surface area contributed by atoms with Gasteiger partial charge in [0.05, 0.1) is 11.3 Å². The summed E-state index contributed by atoms with van der Waals surface area (Å²) in [7, 11) is 0. The lowest BCUT2D eigenvalue weighted by Crippen LogP contribution is -2.24. The molecule has 136 valence electrons. The number of amides is 1. The molecule has 1 N–H and O–H groups in total. The molecule has 0 aliphatic heterocycles. The first kappa shape index (κ1) is 18.1. The molecule has 0 atom stereocenters. The fraction of sp³-hybridized carbons (Fsp3) is 0.0952. The molecule has 6 nitrogen and oxygen atoms in total. The first-order valence-electron chi connectivity index (χ1n) is 8.42. The van der Waals surface area contributed by atoms with Gasteiger partial charge in [-0.2, -0.15) is 0 Å². The molecule has 0 aliphatic carbocycles. The van der Waals surface area contributed by atoms with Gasteiger partial charge in [-0.15, -0.1) is 0 Å². The Balaban J connectivity index is 1.59. The molecule has 0 bridgehead atoms. The van der Waals surface area contributed by atoms with Gasteiger partial charge in [-0.25, -0.2) is 0 Å². The summed E-state index contributed by atoms with van der Waals surface area (Å²) in [6.45, 7) is 0.328. The molecule has 0 spiro atoms. The van der Waals surface area contributed by atoms with Crippen molar-refractivity contribution in [2.75, 3.05) is 0 Å². The molecule has 6 heteroatoms. The zero-order valence-corrected chi connectivity index (χ0v) is 14.5. The van der Waals surface area contributed by atoms with Crippen molar-refractivity contribution < 1.29 is 14.5 Å². The fourth-order valence-electron chi connectivity index (χ4n) is 2.54. The van der Waals surface area contributed by atoms with E-state index in [0.29, 0.717) is 17.9 Å². The van der Waals surface area contributed by atoms with E-state index in [1.165, 1.54) is 12.1 Å². The first-order valence-corrected chi connectivity index (χ1v) is 8.42. The minimum Gasteiger partial charge on any atom is -0.457 e. The van der Waals surface area contributed by atoms with E-state index in [1.54, 1.807) is 12.1 Å². The summed E-state index contributed by atoms with van der Waals surface area (Å²) in [5.74, 6) is 1.24. The lowest BCUT2D eigenvalue weighted by Gasteiger charge is -2.12. The van der Waals surface area contributed by atoms with E-state index in [1.807, 2.05) is 54.6 Å². The molecule has 0 fully saturated rings. The van der Waals surface area contributed by atoms with Crippen LogP contribution in [-0.4, -0.2) is 10.8 Å². The van der Waals surface area contributed by atoms with Gasteiger partial charge in [-0.1, -0.05) is 48.5 Å². The number of carbonyl (C=O) groups is 1. The maximum absolute atomic E-state index is 12.2. The molecular formula is C21H18N2O4. The van der Waals surface area contributed by atoms with Crippen LogP contribution in [0.5, 0.6) is 11.5 Å². The summed E-state index contributed by atoms with van der Waals surface area (Å²) in [6, 6.07) is 22.9. The molecule has 0 aromatic heterocycles. The number of hydrogen-bond donors (Lipinski definition) is 1. The SMILES string of the molecule is O=C(Cc1ccc([N+](=O)[O-])cc1)NCc1ccccc1Oc1ccccc1. The van der Waals surface area contributed by atoms with E-state index in [0.717, 1.165) is 11.3 Å². The fourth-order valence-corrected chi connectivity index (χ4v) is 2.54. The minimum absolute atomic E-state index is 0.00569. The van der Waals surface area contributed by atoms with Crippen molar-refractivity contribution >= 4 is 11.6 Å². The lowest BCUT2D eigenvalue weighted by molar-refractivity contribution is -0.384. The van der Waals surface area contributed by atoms with Gasteiger partial charge < -0.3 is 10.1 Å². The minimum atomic E-state index is -0.465. The number of ether oxygens (including phenoxy) is 1. The molecule has 0 saturated carbocycles. The zero-order valence-electron chi connectivity index (χ0n) is 14.5. The van der Waals surface area contributed by atoms with Crippen molar-refractivity contribution in [2.45, 2.75) is 13.0 Å². The van der Waals surface area contributed by atoms with Gasteiger partial charge in [0.2, 0.25) is 5.91 Å². The highest BCUT2D eigenvalue weighted by atomic mass is 16.6. The van der Waals surface area contributed by atoms with Crippen LogP contribution < -0.4 is 10.1 Å². The largest absolute Gasteiger partial charge is 0.457 e. The van der Waals surface area contributed by atoms with Crippen LogP contribution >= 0.6 is 0 Å². The molecule has 3 rings (SSSR count). The number of hydrogen-bond acceptors (Lipinski definition) is 4. The quantitative estimate of drug-likeness (QED) is 0.503. The van der Waals surface area contributed by atoms with E-state index in [2.05, 4.69) is 5.32 Å². The molecule has 3 aromatic carbocycles. The highest BCUT2D eigenvalue weighted by molar-refractivity contribution is 5.78. The van der Waals surface area contributed by atoms with E-state index >= 15 is 0 Å². The molecule has 3 aromatic rings. The Morgan fingerprint density at radius 3 is 2.30 bits per heavy atom. The number of para-hydroxylation sites is 2. The Labute approximate surface area is 156 Å². The third-order valence-corrected chi connectivity index (χ3v) is 3.93. The Kier molecular flexibility index (Phi) is 5.79. The molecule has 27 heavy (non-hydrogen) atoms. The second-order valence-corrected chi connectivity index (χ2v) is 5.90. The maximum Gasteiger partial charge on any atom is 0.269 e. The van der Waals surface area contributed by atoms with Crippen LogP contribution in [0.1, 0.15) is 11.1 Å². The first-order chi connectivity index (χ1) is 13.1. The molecular weight excluding hydrogens is 344 g/mol. The summed E-state index contributed by atoms with van der Waals surface area (Å²) in [4.78, 5) is 22.4. The Morgan fingerprint density at radius 1 is 0.926 bits per heavy atom. The van der Waals surface area contributed by atoms with Crippen LogP contribution in [0.4, 0.5) is 5.69 Å². The van der Waals surface area contributed by atoms with Crippen LogP contribution in [-0.2, 0) is 17.8 Å². The van der Waals surface area contributed by atoms with Crippen molar-refractivity contribution in [1.29, 1.82) is 0 Å². The predicted octanol–water partition coefficient (Wildman–Crippen LogP) is 4.25. The normalized spacial score (nSPS) is 10.2. The average molecular weight is 362 g/mol. The molecule has 0 heterocycles. The molecule has 0 saturated heterocycles. The van der Waals surface area contributed by atoms with Crippen molar-refractivity contribution in [3.05, 3.63) is 100 Å². The molecule has 1 amide bonds. The second-order valence-electron chi connectivity index (χ2n) is 5.90. The van der Waals surface area contributed by atoms with Crippen LogP contribution in [0.2, 0.25) is 0 Å². The van der Waals surface area contributed by atoms with Crippen LogP contribution in [0.15, 0.2) is 78.9 Å². The third-order valence-electron chi connectivity index (χ3n) is 3.93. The van der Waals surface area contributed by atoms with E-state index in [-0.39, 0.29) is 18.0 Å². The number of nitrogens with one attached hydrogen (secondary N) is 1. The highest BCUT2D eigenvalue weighted by Crippen LogP contribution is 2.24. The van der Waals surface area contributed by atoms with Gasteiger partial charge in [0.15, 0.2) is 0 Å². The van der Waals surface area contributed by atoms with E-state index in [4.69, 9.17) is 4.74 Å². The van der Waals surface area contributed by atoms with Gasteiger partial charge >= 0.3 is 0 Å². The third kappa shape index (κ3) is 5.15. The predicted molar refractivity (Wildman–Crippen MR) is 102 cm³/mol. The van der Waals surface area contributed by atoms with Crippen molar-refractivity contribution in [2.24, 2.45) is 0 Å². The number of nitro groups is 1. The summed E-state index contributed by atoms with van der Waals surface area (Å²) >= 11 is 0. The monoisotopic (exact) mass is 362 g/mol. The Hall–Kier alpha value is -3.67. The van der Waals surface area contributed by atoms with Crippen molar-refractivity contribution in [3.8, 4) is 11.5 Å². The highest BCUT2D eigenvalue weighted by Gasteiger charge is 2.09. The van der Waals surface area contributed by atoms with Gasteiger partial charge in [0.25, 0.3) is 5.69 Å². The van der Waals surface area contributed by atoms with Crippen molar-refractivity contribution in [1.82, 2.24) is 5.32 Å². The van der Waals surface area contributed by atoms with Crippen LogP contribution in [0.3, 0.4) is 0 Å². The Bertz CT molecular complexity index is 924. The molecule has 0 aliphatic rings. The van der Waals surface area contributed by atoms with Gasteiger partial charge in [-0.3, -0.25) is 14.9 Å². The standard InChI is InChI=1S/C21H18N2O4/c24-21(14-16-10-12-18(13-11-16)23(25)26)22-15-17-6-4-5-9-20(17)27-19-7-2-1-3-8-19/h1-13H,14-15H2,(H,22,24). The Morgan fingerprint density at radius 2 is 1.59 bits per heavy atom. The topological polar surface area (TPSA) is 81.5 Å². The van der Waals surface area contributed by atoms with Crippen LogP contribution in [0.25, 0.3) is 0 Å². The van der Waals surface area contributed by atoms with Crippen LogP contribution in [0, 0.1) is 10.1 Å². The molecule has 0 radical (unpaired) electrons. The van der Waals surface area contributed by atoms with Crippen molar-refractivity contribution in [3.63, 3.8) is 0 Å². The smallest absolute Gasteiger partial charge is 0.269 e. The summed E-state index contributed by atoms with van der Waals surface area (Å²) < 4.78 is 5.88. The number of rotatable bonds is 7. The lowest BCUT2D eigenvalue weighted by atomic mass is 10.1. The number of carbonyl (C=O) groups excluding carboxylic acids is 1. The van der Waals surface area contributed by atoms with E-state index < -0.39 is 4.92 Å². The van der Waals surface area contributed by atoms with Gasteiger partial charge in [0, 0.05) is 24.2 Å². The van der Waals surface area contributed by atoms with Gasteiger partial charge in [0.1, 0.15) is 11.5 Å². The number of nitro benzene ring substituents is 1. The van der Waals surface area contributed by atoms with E-state index in [9.17, 15) is 14.9 Å². The summed E-state index contributed by atoms with van der Waals surface area (Å²) in [5.41, 5.74) is 1.58. The van der Waals surface area contributed by atoms with Gasteiger partial charge in [-0.05, 0) is 23.8 Å². The zero-order chi connectivity index (χ0) is 19.1. The number of non-ortho nitro benzene ring substituents is 1. The molecule has 0 unspecified atom stereocenters. The number of nitrogens with zero attached hydrogens (tertiary/aromatic N) is 1. The average Bonchev–Trinajstić information content (AvgIpc) is 2.68. The summed E-state index contributed by atoms with van der Waals surface area (Å²) in [5, 5.41) is 13.5. The second kappa shape index (κ2) is 8.62. The summed E-state index contributed by atoms with van der Waals surface area (Å²) in [6.07, 6.45) is 0.152.